The minimum absolute atomic E-state index is 0.371. The van der Waals surface area contributed by atoms with Gasteiger partial charge in [0.05, 0.1) is 7.11 Å². The van der Waals surface area contributed by atoms with Gasteiger partial charge in [0, 0.05) is 18.6 Å². The third-order valence-corrected chi connectivity index (χ3v) is 3.49. The largest absolute Gasteiger partial charge is 0.497 e. The minimum atomic E-state index is 0.371. The van der Waals surface area contributed by atoms with Gasteiger partial charge < -0.3 is 15.0 Å². The maximum Gasteiger partial charge on any atom is 0.119 e. The molecule has 1 aromatic carbocycles. The van der Waals surface area contributed by atoms with Gasteiger partial charge in [0.2, 0.25) is 0 Å². The van der Waals surface area contributed by atoms with E-state index in [4.69, 9.17) is 4.74 Å². The molecule has 0 heterocycles. The van der Waals surface area contributed by atoms with Gasteiger partial charge in [0.15, 0.2) is 0 Å². The lowest BCUT2D eigenvalue weighted by Crippen LogP contribution is -2.32. The van der Waals surface area contributed by atoms with Gasteiger partial charge in [-0.25, -0.2) is 0 Å². The Balaban J connectivity index is 2.04. The van der Waals surface area contributed by atoms with Gasteiger partial charge in [-0.15, -0.1) is 0 Å². The second kappa shape index (κ2) is 5.52. The van der Waals surface area contributed by atoms with Crippen LogP contribution < -0.4 is 10.1 Å². The second-order valence-electron chi connectivity index (χ2n) is 4.79. The maximum atomic E-state index is 5.27. The summed E-state index contributed by atoms with van der Waals surface area (Å²) in [5.74, 6) is 0.928. The van der Waals surface area contributed by atoms with Crippen LogP contribution in [0.4, 0.5) is 0 Å². The van der Waals surface area contributed by atoms with E-state index < -0.39 is 0 Å². The Bertz CT molecular complexity index is 363. The van der Waals surface area contributed by atoms with Crippen molar-refractivity contribution in [3.05, 3.63) is 29.8 Å². The lowest BCUT2D eigenvalue weighted by atomic mass is 10.1. The van der Waals surface area contributed by atoms with Crippen molar-refractivity contribution < 1.29 is 4.74 Å². The lowest BCUT2D eigenvalue weighted by molar-refractivity contribution is 0.287. The van der Waals surface area contributed by atoms with Gasteiger partial charge in [-0.3, -0.25) is 0 Å². The van der Waals surface area contributed by atoms with Crippen LogP contribution in [0.3, 0.4) is 0 Å². The molecule has 1 aromatic rings. The van der Waals surface area contributed by atoms with E-state index in [1.165, 1.54) is 18.4 Å². The fourth-order valence-electron chi connectivity index (χ4n) is 2.17. The van der Waals surface area contributed by atoms with E-state index in [1.807, 2.05) is 13.1 Å². The first kappa shape index (κ1) is 12.4. The Kier molecular flexibility index (Phi) is 4.02. The number of methoxy groups -OCH3 is 1. The molecule has 0 amide bonds. The molecule has 3 heteroatoms. The summed E-state index contributed by atoms with van der Waals surface area (Å²) in [6.45, 7) is 1.05. The second-order valence-corrected chi connectivity index (χ2v) is 4.79. The highest BCUT2D eigenvalue weighted by Gasteiger charge is 2.27. The molecule has 0 aromatic heterocycles. The molecule has 1 aliphatic rings. The van der Waals surface area contributed by atoms with E-state index in [0.29, 0.717) is 6.04 Å². The molecule has 0 bridgehead atoms. The molecule has 1 unspecified atom stereocenters. The fourth-order valence-corrected chi connectivity index (χ4v) is 2.17. The summed E-state index contributed by atoms with van der Waals surface area (Å²) in [6.07, 6.45) is 2.70. The molecule has 0 aliphatic heterocycles. The summed E-state index contributed by atoms with van der Waals surface area (Å²) < 4.78 is 5.27. The topological polar surface area (TPSA) is 24.5 Å². The number of nitrogens with zero attached hydrogens (tertiary/aromatic N) is 1. The zero-order valence-electron chi connectivity index (χ0n) is 10.9. The molecular weight excluding hydrogens is 212 g/mol. The highest BCUT2D eigenvalue weighted by atomic mass is 16.5. The Morgan fingerprint density at radius 3 is 2.82 bits per heavy atom. The predicted molar refractivity (Wildman–Crippen MR) is 70.4 cm³/mol. The average Bonchev–Trinajstić information content (AvgIpc) is 3.20. The molecule has 1 aliphatic carbocycles. The van der Waals surface area contributed by atoms with Crippen molar-refractivity contribution in [3.8, 4) is 5.75 Å². The lowest BCUT2D eigenvalue weighted by Gasteiger charge is -2.24. The van der Waals surface area contributed by atoms with Crippen LogP contribution in [0.15, 0.2) is 24.3 Å². The summed E-state index contributed by atoms with van der Waals surface area (Å²) in [5.41, 5.74) is 1.29. The standard InChI is InChI=1S/C14H22N2O/c1-15-14(10-16(2)12-7-8-12)11-5-4-6-13(9-11)17-3/h4-6,9,12,14-15H,7-8,10H2,1-3H3. The Morgan fingerprint density at radius 2 is 2.24 bits per heavy atom. The molecule has 3 nitrogen and oxygen atoms in total. The molecule has 1 N–H and O–H groups in total. The van der Waals surface area contributed by atoms with Crippen molar-refractivity contribution in [2.24, 2.45) is 0 Å². The van der Waals surface area contributed by atoms with Crippen LogP contribution in [-0.4, -0.2) is 38.7 Å². The van der Waals surface area contributed by atoms with E-state index in [1.54, 1.807) is 7.11 Å². The van der Waals surface area contributed by atoms with E-state index in [-0.39, 0.29) is 0 Å². The van der Waals surface area contributed by atoms with Crippen molar-refractivity contribution in [2.45, 2.75) is 24.9 Å². The van der Waals surface area contributed by atoms with Crippen molar-refractivity contribution >= 4 is 0 Å². The Morgan fingerprint density at radius 1 is 1.47 bits per heavy atom. The first-order valence-corrected chi connectivity index (χ1v) is 6.26. The third-order valence-electron chi connectivity index (χ3n) is 3.49. The maximum absolute atomic E-state index is 5.27. The zero-order valence-corrected chi connectivity index (χ0v) is 10.9. The van der Waals surface area contributed by atoms with Crippen LogP contribution in [0.1, 0.15) is 24.4 Å². The number of ether oxygens (including phenoxy) is 1. The minimum Gasteiger partial charge on any atom is -0.497 e. The third kappa shape index (κ3) is 3.20. The molecule has 0 saturated heterocycles. The van der Waals surface area contributed by atoms with E-state index in [2.05, 4.69) is 35.5 Å². The van der Waals surface area contributed by atoms with Crippen molar-refractivity contribution in [3.63, 3.8) is 0 Å². The number of hydrogen-bond acceptors (Lipinski definition) is 3. The van der Waals surface area contributed by atoms with E-state index in [9.17, 15) is 0 Å². The van der Waals surface area contributed by atoms with Crippen molar-refractivity contribution in [1.29, 1.82) is 0 Å². The zero-order chi connectivity index (χ0) is 12.3. The number of nitrogens with one attached hydrogen (secondary N) is 1. The first-order chi connectivity index (χ1) is 8.24. The highest BCUT2D eigenvalue weighted by molar-refractivity contribution is 5.30. The Hall–Kier alpha value is -1.06. The first-order valence-electron chi connectivity index (χ1n) is 6.26. The van der Waals surface area contributed by atoms with Gasteiger partial charge in [-0.05, 0) is 44.6 Å². The average molecular weight is 234 g/mol. The summed E-state index contributed by atoms with van der Waals surface area (Å²) >= 11 is 0. The molecule has 17 heavy (non-hydrogen) atoms. The Labute approximate surface area is 104 Å². The number of rotatable bonds is 6. The predicted octanol–water partition coefficient (Wildman–Crippen LogP) is 2.05. The number of likely N-dealkylation sites (N-methyl/N-ethyl adjacent to an activating group) is 2. The molecular formula is C14H22N2O. The molecule has 1 fully saturated rings. The van der Waals surface area contributed by atoms with Crippen LogP contribution in [0.5, 0.6) is 5.75 Å². The van der Waals surface area contributed by atoms with E-state index in [0.717, 1.165) is 18.3 Å². The molecule has 94 valence electrons. The molecule has 1 saturated carbocycles. The quantitative estimate of drug-likeness (QED) is 0.815. The molecule has 0 radical (unpaired) electrons. The van der Waals surface area contributed by atoms with Gasteiger partial charge in [0.1, 0.15) is 5.75 Å². The van der Waals surface area contributed by atoms with Crippen LogP contribution in [-0.2, 0) is 0 Å². The van der Waals surface area contributed by atoms with Gasteiger partial charge in [-0.2, -0.15) is 0 Å². The van der Waals surface area contributed by atoms with E-state index >= 15 is 0 Å². The highest BCUT2D eigenvalue weighted by Crippen LogP contribution is 2.27. The monoisotopic (exact) mass is 234 g/mol. The normalized spacial score (nSPS) is 17.2. The van der Waals surface area contributed by atoms with Crippen molar-refractivity contribution in [2.75, 3.05) is 27.7 Å². The summed E-state index contributed by atoms with van der Waals surface area (Å²) in [4.78, 5) is 2.45. The molecule has 1 atom stereocenters. The number of hydrogen-bond donors (Lipinski definition) is 1. The van der Waals surface area contributed by atoms with Crippen LogP contribution in [0.2, 0.25) is 0 Å². The SMILES string of the molecule is CNC(CN(C)C1CC1)c1cccc(OC)c1. The van der Waals surface area contributed by atoms with Crippen LogP contribution >= 0.6 is 0 Å². The van der Waals surface area contributed by atoms with Crippen LogP contribution in [0, 0.1) is 0 Å². The fraction of sp³-hybridized carbons (Fsp3) is 0.571. The molecule has 0 spiro atoms. The summed E-state index contributed by atoms with van der Waals surface area (Å²) in [6, 6.07) is 9.48. The van der Waals surface area contributed by atoms with Crippen molar-refractivity contribution in [1.82, 2.24) is 10.2 Å². The number of benzene rings is 1. The van der Waals surface area contributed by atoms with Gasteiger partial charge in [-0.1, -0.05) is 12.1 Å². The summed E-state index contributed by atoms with van der Waals surface area (Å²) in [7, 11) is 5.94. The molecule has 2 rings (SSSR count). The summed E-state index contributed by atoms with van der Waals surface area (Å²) in [5, 5.41) is 3.39. The van der Waals surface area contributed by atoms with Gasteiger partial charge in [0.25, 0.3) is 0 Å². The van der Waals surface area contributed by atoms with Crippen LogP contribution in [0.25, 0.3) is 0 Å². The van der Waals surface area contributed by atoms with Gasteiger partial charge >= 0.3 is 0 Å². The smallest absolute Gasteiger partial charge is 0.119 e.